The maximum atomic E-state index is 11.3. The van der Waals surface area contributed by atoms with Crippen LogP contribution in [0.5, 0.6) is 5.88 Å². The van der Waals surface area contributed by atoms with Crippen LogP contribution in [0.2, 0.25) is 0 Å². The van der Waals surface area contributed by atoms with Crippen molar-refractivity contribution in [3.8, 4) is 5.88 Å². The molecule has 0 radical (unpaired) electrons. The molecule has 24 heavy (non-hydrogen) atoms. The van der Waals surface area contributed by atoms with Crippen molar-refractivity contribution in [1.29, 1.82) is 0 Å². The third-order valence-electron chi connectivity index (χ3n) is 3.98. The highest BCUT2D eigenvalue weighted by molar-refractivity contribution is 9.10. The molecule has 2 aromatic rings. The van der Waals surface area contributed by atoms with Crippen LogP contribution in [0.15, 0.2) is 52.1 Å². The van der Waals surface area contributed by atoms with Crippen molar-refractivity contribution < 1.29 is 14.7 Å². The first-order valence-electron chi connectivity index (χ1n) is 7.40. The van der Waals surface area contributed by atoms with Crippen LogP contribution in [-0.2, 0) is 10.6 Å². The summed E-state index contributed by atoms with van der Waals surface area (Å²) in [6.45, 7) is 3.53. The van der Waals surface area contributed by atoms with Gasteiger partial charge in [0.15, 0.2) is 11.4 Å². The number of hydrogen-bond donors (Lipinski definition) is 2. The smallest absolute Gasteiger partial charge is 0.228 e. The van der Waals surface area contributed by atoms with Crippen LogP contribution in [0.25, 0.3) is 0 Å². The molecule has 1 aromatic carbocycles. The number of aliphatic hydroxyl groups is 1. The van der Waals surface area contributed by atoms with Gasteiger partial charge in [0.2, 0.25) is 11.6 Å². The van der Waals surface area contributed by atoms with Crippen LogP contribution in [-0.4, -0.2) is 28.6 Å². The lowest BCUT2D eigenvalue weighted by Gasteiger charge is -2.44. The van der Waals surface area contributed by atoms with Gasteiger partial charge in [-0.1, -0.05) is 35.5 Å². The van der Waals surface area contributed by atoms with Gasteiger partial charge in [-0.05, 0) is 41.9 Å². The third kappa shape index (κ3) is 2.74. The second kappa shape index (κ2) is 6.07. The van der Waals surface area contributed by atoms with E-state index in [2.05, 4.69) is 31.4 Å². The summed E-state index contributed by atoms with van der Waals surface area (Å²) < 4.78 is 5.94. The van der Waals surface area contributed by atoms with E-state index in [1.54, 1.807) is 26.0 Å². The fourth-order valence-corrected chi connectivity index (χ4v) is 2.86. The van der Waals surface area contributed by atoms with Gasteiger partial charge in [-0.2, -0.15) is 0 Å². The lowest BCUT2D eigenvalue weighted by molar-refractivity contribution is -0.192. The van der Waals surface area contributed by atoms with E-state index in [1.165, 1.54) is 7.11 Å². The summed E-state index contributed by atoms with van der Waals surface area (Å²) in [6, 6.07) is 12.8. The molecule has 1 aliphatic heterocycles. The van der Waals surface area contributed by atoms with Gasteiger partial charge in [0.05, 0.1) is 11.6 Å². The zero-order valence-electron chi connectivity index (χ0n) is 13.6. The Hall–Kier alpha value is -2.12. The Balaban J connectivity index is 2.03. The molecule has 2 N–H and O–H groups in total. The zero-order valence-corrected chi connectivity index (χ0v) is 15.2. The Labute approximate surface area is 148 Å². The van der Waals surface area contributed by atoms with Gasteiger partial charge >= 0.3 is 0 Å². The molecule has 1 unspecified atom stereocenters. The molecular formula is C17H18BrN3O3. The van der Waals surface area contributed by atoms with E-state index in [4.69, 9.17) is 9.57 Å². The Morgan fingerprint density at radius 3 is 2.54 bits per heavy atom. The number of hydrogen-bond acceptors (Lipinski definition) is 6. The molecule has 1 aromatic heterocycles. The van der Waals surface area contributed by atoms with Crippen LogP contribution >= 0.6 is 15.9 Å². The Bertz CT molecular complexity index is 780. The van der Waals surface area contributed by atoms with Crippen LogP contribution in [0.1, 0.15) is 25.1 Å². The monoisotopic (exact) mass is 391 g/mol. The number of nitrogens with one attached hydrogen (secondary N) is 1. The molecule has 0 bridgehead atoms. The van der Waals surface area contributed by atoms with Crippen molar-refractivity contribution in [3.63, 3.8) is 0 Å². The van der Waals surface area contributed by atoms with Crippen molar-refractivity contribution in [2.24, 2.45) is 5.16 Å². The molecule has 0 amide bonds. The number of nitrogens with zero attached hydrogens (tertiary/aromatic N) is 2. The minimum Gasteiger partial charge on any atom is -0.480 e. The van der Waals surface area contributed by atoms with E-state index in [0.717, 1.165) is 4.47 Å². The van der Waals surface area contributed by atoms with E-state index >= 15 is 0 Å². The van der Waals surface area contributed by atoms with Gasteiger partial charge in [0, 0.05) is 5.56 Å². The number of amidine groups is 1. The van der Waals surface area contributed by atoms with Crippen LogP contribution in [0.4, 0.5) is 0 Å². The van der Waals surface area contributed by atoms with Gasteiger partial charge in [-0.3, -0.25) is 0 Å². The quantitative estimate of drug-likeness (QED) is 0.840. The summed E-state index contributed by atoms with van der Waals surface area (Å²) >= 11 is 3.36. The summed E-state index contributed by atoms with van der Waals surface area (Å²) in [5.74, 6) is 0.747. The molecule has 0 saturated heterocycles. The van der Waals surface area contributed by atoms with Gasteiger partial charge in [-0.25, -0.2) is 4.98 Å². The SMILES string of the molecule is COc1nc(C2=NOC(C)(C)C(O)(c3ccccc3)N2)ccc1Br. The molecule has 0 aliphatic carbocycles. The van der Waals surface area contributed by atoms with E-state index in [0.29, 0.717) is 23.0 Å². The Morgan fingerprint density at radius 2 is 1.88 bits per heavy atom. The Kier molecular flexibility index (Phi) is 4.23. The lowest BCUT2D eigenvalue weighted by Crippen LogP contribution is -2.62. The predicted molar refractivity (Wildman–Crippen MR) is 93.7 cm³/mol. The number of oxime groups is 1. The summed E-state index contributed by atoms with van der Waals surface area (Å²) in [6.07, 6.45) is 0. The van der Waals surface area contributed by atoms with Crippen molar-refractivity contribution >= 4 is 21.8 Å². The van der Waals surface area contributed by atoms with Gasteiger partial charge in [-0.15, -0.1) is 0 Å². The first kappa shape index (κ1) is 16.7. The summed E-state index contributed by atoms with van der Waals surface area (Å²) in [5.41, 5.74) is -1.27. The highest BCUT2D eigenvalue weighted by Crippen LogP contribution is 2.36. The van der Waals surface area contributed by atoms with Crippen molar-refractivity contribution in [2.45, 2.75) is 25.2 Å². The molecule has 126 valence electrons. The van der Waals surface area contributed by atoms with E-state index < -0.39 is 11.3 Å². The fourth-order valence-electron chi connectivity index (χ4n) is 2.48. The largest absolute Gasteiger partial charge is 0.480 e. The predicted octanol–water partition coefficient (Wildman–Crippen LogP) is 2.76. The normalized spacial score (nSPS) is 22.1. The molecular weight excluding hydrogens is 374 g/mol. The molecule has 1 atom stereocenters. The fraction of sp³-hybridized carbons (Fsp3) is 0.294. The van der Waals surface area contributed by atoms with Crippen molar-refractivity contribution in [1.82, 2.24) is 10.3 Å². The second-order valence-corrected chi connectivity index (χ2v) is 6.78. The summed E-state index contributed by atoms with van der Waals surface area (Å²) in [5, 5.41) is 18.5. The summed E-state index contributed by atoms with van der Waals surface area (Å²) in [4.78, 5) is 9.96. The maximum Gasteiger partial charge on any atom is 0.228 e. The van der Waals surface area contributed by atoms with E-state index in [-0.39, 0.29) is 0 Å². The Morgan fingerprint density at radius 1 is 1.17 bits per heavy atom. The second-order valence-electron chi connectivity index (χ2n) is 5.93. The molecule has 7 heteroatoms. The molecule has 0 saturated carbocycles. The average Bonchev–Trinajstić information content (AvgIpc) is 2.59. The average molecular weight is 392 g/mol. The molecule has 3 rings (SSSR count). The zero-order chi connectivity index (χ0) is 17.4. The highest BCUT2D eigenvalue weighted by Gasteiger charge is 2.51. The third-order valence-corrected chi connectivity index (χ3v) is 4.58. The van der Waals surface area contributed by atoms with Crippen LogP contribution < -0.4 is 10.1 Å². The van der Waals surface area contributed by atoms with Crippen LogP contribution in [0, 0.1) is 0 Å². The maximum absolute atomic E-state index is 11.3. The number of methoxy groups -OCH3 is 1. The topological polar surface area (TPSA) is 76.0 Å². The number of ether oxygens (including phenoxy) is 1. The van der Waals surface area contributed by atoms with Gasteiger partial charge < -0.3 is 20.0 Å². The molecule has 2 heterocycles. The molecule has 1 aliphatic rings. The highest BCUT2D eigenvalue weighted by atomic mass is 79.9. The minimum atomic E-state index is -1.46. The van der Waals surface area contributed by atoms with Crippen molar-refractivity contribution in [3.05, 3.63) is 58.2 Å². The number of halogens is 1. The summed E-state index contributed by atoms with van der Waals surface area (Å²) in [7, 11) is 1.53. The van der Waals surface area contributed by atoms with Gasteiger partial charge in [0.1, 0.15) is 5.69 Å². The van der Waals surface area contributed by atoms with E-state index in [9.17, 15) is 5.11 Å². The molecule has 0 fully saturated rings. The molecule has 0 spiro atoms. The number of benzene rings is 1. The number of rotatable bonds is 3. The van der Waals surface area contributed by atoms with E-state index in [1.807, 2.05) is 30.3 Å². The number of aromatic nitrogens is 1. The first-order chi connectivity index (χ1) is 11.4. The minimum absolute atomic E-state index is 0.325. The van der Waals surface area contributed by atoms with Crippen molar-refractivity contribution in [2.75, 3.05) is 7.11 Å². The van der Waals surface area contributed by atoms with Crippen LogP contribution in [0.3, 0.4) is 0 Å². The van der Waals surface area contributed by atoms with Gasteiger partial charge in [0.25, 0.3) is 0 Å². The number of pyridine rings is 1. The lowest BCUT2D eigenvalue weighted by atomic mass is 9.86. The standard InChI is InChI=1S/C17H18BrN3O3/c1-16(2)17(22,11-7-5-4-6-8-11)20-14(21-24-16)13-10-9-12(18)15(19-13)23-3/h4-10,22H,1-3H3,(H,20,21). The first-order valence-corrected chi connectivity index (χ1v) is 8.20. The molecule has 6 nitrogen and oxygen atoms in total.